The van der Waals surface area contributed by atoms with Crippen molar-refractivity contribution in [1.82, 2.24) is 9.88 Å². The number of hydrogen-bond donors (Lipinski definition) is 2. The number of nitrogens with zero attached hydrogens (tertiary/aromatic N) is 1. The van der Waals surface area contributed by atoms with E-state index in [0.717, 1.165) is 17.3 Å². The highest BCUT2D eigenvalue weighted by molar-refractivity contribution is 9.10. The van der Waals surface area contributed by atoms with Crippen molar-refractivity contribution in [3.63, 3.8) is 0 Å². The molecule has 1 aromatic heterocycles. The van der Waals surface area contributed by atoms with Crippen LogP contribution >= 0.6 is 15.9 Å². The fourth-order valence-corrected chi connectivity index (χ4v) is 2.75. The zero-order valence-corrected chi connectivity index (χ0v) is 13.1. The van der Waals surface area contributed by atoms with Gasteiger partial charge < -0.3 is 15.0 Å². The second-order valence-electron chi connectivity index (χ2n) is 5.30. The summed E-state index contributed by atoms with van der Waals surface area (Å²) in [5.74, 6) is -1.51. The smallest absolute Gasteiger partial charge is 0.323 e. The van der Waals surface area contributed by atoms with Gasteiger partial charge in [-0.25, -0.2) is 0 Å². The number of carboxylic acid groups (broad SMARTS) is 1. The number of hydrogen-bond acceptors (Lipinski definition) is 3. The maximum absolute atomic E-state index is 12.5. The first-order valence-corrected chi connectivity index (χ1v) is 7.60. The lowest BCUT2D eigenvalue weighted by Crippen LogP contribution is -2.38. The summed E-state index contributed by atoms with van der Waals surface area (Å²) in [6, 6.07) is 6.33. The molecule has 0 bridgehead atoms. The quantitative estimate of drug-likeness (QED) is 0.867. The fraction of sp³-hybridized carbons (Fsp3) is 0.267. The number of carboxylic acids is 1. The van der Waals surface area contributed by atoms with Gasteiger partial charge in [0.25, 0.3) is 5.91 Å². The topological polar surface area (TPSA) is 90.5 Å². The monoisotopic (exact) mass is 364 g/mol. The molecule has 1 aliphatic rings. The zero-order chi connectivity index (χ0) is 15.9. The molecule has 0 spiro atoms. The van der Waals surface area contributed by atoms with E-state index in [0.29, 0.717) is 10.9 Å². The summed E-state index contributed by atoms with van der Waals surface area (Å²) >= 11 is 3.30. The Labute approximate surface area is 133 Å². The van der Waals surface area contributed by atoms with Crippen molar-refractivity contribution in [2.45, 2.75) is 18.9 Å². The molecular formula is C15H13BrN2O4. The third-order valence-corrected chi connectivity index (χ3v) is 4.07. The number of aromatic amines is 1. The second-order valence-corrected chi connectivity index (χ2v) is 6.21. The number of H-pyrrole nitrogens is 1. The van der Waals surface area contributed by atoms with Crippen LogP contribution in [-0.2, 0) is 4.79 Å². The number of nitrogens with one attached hydrogen (secondary N) is 1. The van der Waals surface area contributed by atoms with Gasteiger partial charge in [-0.1, -0.05) is 15.9 Å². The fourth-order valence-electron chi connectivity index (χ4n) is 2.39. The highest BCUT2D eigenvalue weighted by Gasteiger charge is 2.34. The van der Waals surface area contributed by atoms with Gasteiger partial charge in [-0.2, -0.15) is 0 Å². The summed E-state index contributed by atoms with van der Waals surface area (Å²) in [7, 11) is 0. The molecule has 2 aromatic rings. The van der Waals surface area contributed by atoms with Crippen LogP contribution in [0.4, 0.5) is 0 Å². The van der Waals surface area contributed by atoms with Crippen molar-refractivity contribution in [2.24, 2.45) is 0 Å². The maximum atomic E-state index is 12.5. The Kier molecular flexibility index (Phi) is 3.74. The summed E-state index contributed by atoms with van der Waals surface area (Å²) in [6.45, 7) is -0.357. The predicted molar refractivity (Wildman–Crippen MR) is 84.0 cm³/mol. The number of rotatable bonds is 4. The van der Waals surface area contributed by atoms with E-state index >= 15 is 0 Å². The third kappa shape index (κ3) is 2.89. The highest BCUT2D eigenvalue weighted by Crippen LogP contribution is 2.28. The Morgan fingerprint density at radius 2 is 2.05 bits per heavy atom. The number of pyridine rings is 1. The largest absolute Gasteiger partial charge is 0.480 e. The first kappa shape index (κ1) is 14.8. The van der Waals surface area contributed by atoms with Gasteiger partial charge in [0.2, 0.25) is 0 Å². The van der Waals surface area contributed by atoms with Gasteiger partial charge in [-0.15, -0.1) is 0 Å². The second kappa shape index (κ2) is 5.57. The molecule has 22 heavy (non-hydrogen) atoms. The SMILES string of the molecule is O=C(O)CN(C(=O)c1cc(=O)c2cc(Br)ccc2[nH]1)C1CC1. The molecule has 0 unspecified atom stereocenters. The molecule has 1 heterocycles. The standard InChI is InChI=1S/C15H13BrN2O4/c16-8-1-4-11-10(5-8)13(19)6-12(17-11)15(22)18(7-14(20)21)9-2-3-9/h1,4-6,9H,2-3,7H2,(H,17,19)(H,20,21). The number of aromatic nitrogens is 1. The highest BCUT2D eigenvalue weighted by atomic mass is 79.9. The minimum atomic E-state index is -1.06. The molecule has 1 aliphatic carbocycles. The van der Waals surface area contributed by atoms with Gasteiger partial charge in [0, 0.05) is 27.5 Å². The minimum absolute atomic E-state index is 0.0484. The van der Waals surface area contributed by atoms with Crippen molar-refractivity contribution >= 4 is 38.7 Å². The molecule has 0 saturated heterocycles. The van der Waals surface area contributed by atoms with E-state index in [1.807, 2.05) is 0 Å². The molecule has 1 saturated carbocycles. The van der Waals surface area contributed by atoms with E-state index in [1.165, 1.54) is 11.0 Å². The van der Waals surface area contributed by atoms with E-state index < -0.39 is 11.9 Å². The molecule has 6 nitrogen and oxygen atoms in total. The van der Waals surface area contributed by atoms with E-state index in [1.54, 1.807) is 18.2 Å². The van der Waals surface area contributed by atoms with Crippen LogP contribution in [0.5, 0.6) is 0 Å². The molecule has 7 heteroatoms. The lowest BCUT2D eigenvalue weighted by atomic mass is 10.2. The number of carbonyl (C=O) groups is 2. The molecule has 3 rings (SSSR count). The van der Waals surface area contributed by atoms with Crippen molar-refractivity contribution in [3.05, 3.63) is 44.7 Å². The van der Waals surface area contributed by atoms with E-state index in [2.05, 4.69) is 20.9 Å². The Bertz CT molecular complexity index is 826. The Morgan fingerprint density at radius 3 is 2.68 bits per heavy atom. The summed E-state index contributed by atoms with van der Waals surface area (Å²) in [5.41, 5.74) is 0.391. The Balaban J connectivity index is 2.01. The van der Waals surface area contributed by atoms with Gasteiger partial charge in [0.05, 0.1) is 0 Å². The van der Waals surface area contributed by atoms with Crippen LogP contribution in [0.3, 0.4) is 0 Å². The molecule has 0 aliphatic heterocycles. The molecule has 0 radical (unpaired) electrons. The molecule has 1 aromatic carbocycles. The van der Waals surface area contributed by atoms with E-state index in [-0.39, 0.29) is 23.7 Å². The normalized spacial score (nSPS) is 14.0. The minimum Gasteiger partial charge on any atom is -0.480 e. The van der Waals surface area contributed by atoms with E-state index in [4.69, 9.17) is 5.11 Å². The molecule has 0 atom stereocenters. The summed E-state index contributed by atoms with van der Waals surface area (Å²) < 4.78 is 0.773. The lowest BCUT2D eigenvalue weighted by molar-refractivity contribution is -0.137. The number of carbonyl (C=O) groups excluding carboxylic acids is 1. The van der Waals surface area contributed by atoms with Crippen LogP contribution in [0.15, 0.2) is 33.5 Å². The first-order valence-electron chi connectivity index (χ1n) is 6.81. The lowest BCUT2D eigenvalue weighted by Gasteiger charge is -2.20. The van der Waals surface area contributed by atoms with Crippen molar-refractivity contribution < 1.29 is 14.7 Å². The Morgan fingerprint density at radius 1 is 1.32 bits per heavy atom. The number of fused-ring (bicyclic) bond motifs is 1. The third-order valence-electron chi connectivity index (χ3n) is 3.58. The summed E-state index contributed by atoms with van der Waals surface area (Å²) in [6.07, 6.45) is 1.59. The van der Waals surface area contributed by atoms with Crippen LogP contribution in [0.25, 0.3) is 10.9 Å². The van der Waals surface area contributed by atoms with Gasteiger partial charge in [-0.05, 0) is 31.0 Å². The summed E-state index contributed by atoms with van der Waals surface area (Å²) in [5, 5.41) is 9.42. The molecule has 114 valence electrons. The van der Waals surface area contributed by atoms with Crippen LogP contribution in [0.2, 0.25) is 0 Å². The average molecular weight is 365 g/mol. The maximum Gasteiger partial charge on any atom is 0.323 e. The number of amides is 1. The number of halogens is 1. The van der Waals surface area contributed by atoms with Gasteiger partial charge in [0.15, 0.2) is 5.43 Å². The van der Waals surface area contributed by atoms with Crippen molar-refractivity contribution in [3.8, 4) is 0 Å². The van der Waals surface area contributed by atoms with E-state index in [9.17, 15) is 14.4 Å². The van der Waals surface area contributed by atoms with Crippen LogP contribution < -0.4 is 5.43 Å². The number of aliphatic carboxylic acids is 1. The van der Waals surface area contributed by atoms with Crippen molar-refractivity contribution in [1.29, 1.82) is 0 Å². The predicted octanol–water partition coefficient (Wildman–Crippen LogP) is 1.98. The molecular weight excluding hydrogens is 352 g/mol. The van der Waals surface area contributed by atoms with Gasteiger partial charge >= 0.3 is 5.97 Å². The molecule has 1 amide bonds. The average Bonchev–Trinajstić information content (AvgIpc) is 3.29. The summed E-state index contributed by atoms with van der Waals surface area (Å²) in [4.78, 5) is 39.8. The van der Waals surface area contributed by atoms with Gasteiger partial charge in [0.1, 0.15) is 12.2 Å². The van der Waals surface area contributed by atoms with Crippen molar-refractivity contribution in [2.75, 3.05) is 6.54 Å². The van der Waals surface area contributed by atoms with Crippen LogP contribution in [0, 0.1) is 0 Å². The zero-order valence-electron chi connectivity index (χ0n) is 11.5. The molecule has 1 fully saturated rings. The molecule has 2 N–H and O–H groups in total. The first-order chi connectivity index (χ1) is 10.5. The Hall–Kier alpha value is -2.15. The number of benzene rings is 1. The van der Waals surface area contributed by atoms with Gasteiger partial charge in [-0.3, -0.25) is 14.4 Å². The van der Waals surface area contributed by atoms with Crippen LogP contribution in [-0.4, -0.2) is 39.5 Å². The van der Waals surface area contributed by atoms with Crippen LogP contribution in [0.1, 0.15) is 23.3 Å².